The van der Waals surface area contributed by atoms with Gasteiger partial charge in [0, 0.05) is 26.4 Å². The first-order chi connectivity index (χ1) is 8.77. The fourth-order valence-electron chi connectivity index (χ4n) is 3.61. The minimum atomic E-state index is -0.0468. The lowest BCUT2D eigenvalue weighted by atomic mass is 9.80. The molecule has 0 aromatic rings. The number of ether oxygens (including phenoxy) is 2. The van der Waals surface area contributed by atoms with Gasteiger partial charge in [-0.1, -0.05) is 25.7 Å². The van der Waals surface area contributed by atoms with Crippen molar-refractivity contribution < 1.29 is 9.47 Å². The Balaban J connectivity index is 1.92. The maximum Gasteiger partial charge on any atom is 0.0828 e. The second-order valence-corrected chi connectivity index (χ2v) is 6.08. The molecule has 0 aromatic heterocycles. The van der Waals surface area contributed by atoms with E-state index in [1.807, 2.05) is 7.11 Å². The van der Waals surface area contributed by atoms with Crippen LogP contribution in [0.2, 0.25) is 0 Å². The van der Waals surface area contributed by atoms with E-state index >= 15 is 0 Å². The molecule has 1 aliphatic heterocycles. The maximum absolute atomic E-state index is 6.53. The van der Waals surface area contributed by atoms with Crippen LogP contribution in [-0.2, 0) is 9.47 Å². The van der Waals surface area contributed by atoms with Gasteiger partial charge < -0.3 is 15.2 Å². The lowest BCUT2D eigenvalue weighted by Gasteiger charge is -2.39. The Morgan fingerprint density at radius 1 is 1.17 bits per heavy atom. The van der Waals surface area contributed by atoms with Crippen molar-refractivity contribution >= 4 is 0 Å². The van der Waals surface area contributed by atoms with Gasteiger partial charge in [0.2, 0.25) is 0 Å². The van der Waals surface area contributed by atoms with Gasteiger partial charge in [0.25, 0.3) is 0 Å². The predicted octanol–water partition coefficient (Wildman–Crippen LogP) is 2.87. The van der Waals surface area contributed by atoms with E-state index in [4.69, 9.17) is 15.2 Å². The summed E-state index contributed by atoms with van der Waals surface area (Å²) in [5.41, 5.74) is 6.48. The maximum atomic E-state index is 6.53. The smallest absolute Gasteiger partial charge is 0.0828 e. The first-order valence-corrected chi connectivity index (χ1v) is 7.65. The third-order valence-electron chi connectivity index (χ3n) is 4.96. The zero-order chi connectivity index (χ0) is 12.8. The third-order valence-corrected chi connectivity index (χ3v) is 4.96. The van der Waals surface area contributed by atoms with Crippen LogP contribution in [0.15, 0.2) is 0 Å². The number of hydrogen-bond acceptors (Lipinski definition) is 3. The Bertz CT molecular complexity index is 231. The minimum absolute atomic E-state index is 0.0468. The van der Waals surface area contributed by atoms with Gasteiger partial charge in [0.15, 0.2) is 0 Å². The van der Waals surface area contributed by atoms with Crippen molar-refractivity contribution in [3.05, 3.63) is 0 Å². The Labute approximate surface area is 111 Å². The van der Waals surface area contributed by atoms with Crippen molar-refractivity contribution in [2.24, 2.45) is 11.7 Å². The largest absolute Gasteiger partial charge is 0.381 e. The topological polar surface area (TPSA) is 44.5 Å². The van der Waals surface area contributed by atoms with Gasteiger partial charge in [-0.25, -0.2) is 0 Å². The van der Waals surface area contributed by atoms with E-state index < -0.39 is 0 Å². The molecule has 1 saturated heterocycles. The molecule has 1 saturated carbocycles. The molecule has 18 heavy (non-hydrogen) atoms. The summed E-state index contributed by atoms with van der Waals surface area (Å²) in [4.78, 5) is 0. The molecule has 3 nitrogen and oxygen atoms in total. The van der Waals surface area contributed by atoms with Crippen molar-refractivity contribution in [2.45, 2.75) is 69.4 Å². The van der Waals surface area contributed by atoms with E-state index in [0.717, 1.165) is 38.4 Å². The number of hydrogen-bond donors (Lipinski definition) is 1. The van der Waals surface area contributed by atoms with E-state index in [9.17, 15) is 0 Å². The Kier molecular flexibility index (Phi) is 5.46. The van der Waals surface area contributed by atoms with Gasteiger partial charge in [0.05, 0.1) is 5.60 Å². The standard InChI is InChI=1S/C15H29NO2/c1-17-15(8-4-2-3-5-9-15)14(16)12-13-6-10-18-11-7-13/h13-14H,2-12,16H2,1H3. The van der Waals surface area contributed by atoms with Crippen molar-refractivity contribution in [1.29, 1.82) is 0 Å². The van der Waals surface area contributed by atoms with Crippen molar-refractivity contribution in [2.75, 3.05) is 20.3 Å². The molecule has 0 aromatic carbocycles. The normalized spacial score (nSPS) is 27.7. The fraction of sp³-hybridized carbons (Fsp3) is 1.00. The fourth-order valence-corrected chi connectivity index (χ4v) is 3.61. The lowest BCUT2D eigenvalue weighted by molar-refractivity contribution is -0.0524. The Hall–Kier alpha value is -0.120. The van der Waals surface area contributed by atoms with Crippen molar-refractivity contribution in [3.8, 4) is 0 Å². The van der Waals surface area contributed by atoms with E-state index in [1.165, 1.54) is 38.5 Å². The molecule has 106 valence electrons. The van der Waals surface area contributed by atoms with Crippen LogP contribution < -0.4 is 5.73 Å². The van der Waals surface area contributed by atoms with E-state index in [2.05, 4.69) is 0 Å². The molecule has 0 spiro atoms. The highest BCUT2D eigenvalue weighted by molar-refractivity contribution is 4.93. The molecule has 1 atom stereocenters. The molecule has 0 bridgehead atoms. The molecule has 1 heterocycles. The molecule has 0 radical (unpaired) electrons. The first-order valence-electron chi connectivity index (χ1n) is 7.65. The van der Waals surface area contributed by atoms with Gasteiger partial charge in [-0.2, -0.15) is 0 Å². The summed E-state index contributed by atoms with van der Waals surface area (Å²) in [6.45, 7) is 1.83. The minimum Gasteiger partial charge on any atom is -0.381 e. The van der Waals surface area contributed by atoms with Crippen LogP contribution >= 0.6 is 0 Å². The summed E-state index contributed by atoms with van der Waals surface area (Å²) >= 11 is 0. The van der Waals surface area contributed by atoms with E-state index in [-0.39, 0.29) is 11.6 Å². The molecule has 1 unspecified atom stereocenters. The van der Waals surface area contributed by atoms with E-state index in [1.54, 1.807) is 0 Å². The lowest BCUT2D eigenvalue weighted by Crippen LogP contribution is -2.50. The van der Waals surface area contributed by atoms with Crippen LogP contribution in [0.5, 0.6) is 0 Å². The van der Waals surface area contributed by atoms with Crippen LogP contribution in [0.25, 0.3) is 0 Å². The highest BCUT2D eigenvalue weighted by Gasteiger charge is 2.38. The summed E-state index contributed by atoms with van der Waals surface area (Å²) in [6.07, 6.45) is 11.0. The van der Waals surface area contributed by atoms with Crippen molar-refractivity contribution in [1.82, 2.24) is 0 Å². The first kappa shape index (κ1) is 14.3. The summed E-state index contributed by atoms with van der Waals surface area (Å²) in [5.74, 6) is 0.740. The van der Waals surface area contributed by atoms with Crippen LogP contribution in [0.4, 0.5) is 0 Å². The molecule has 0 amide bonds. The number of methoxy groups -OCH3 is 1. The zero-order valence-electron chi connectivity index (χ0n) is 11.8. The average molecular weight is 255 g/mol. The molecule has 2 fully saturated rings. The average Bonchev–Trinajstić information content (AvgIpc) is 2.66. The van der Waals surface area contributed by atoms with Crippen LogP contribution in [0.3, 0.4) is 0 Å². The van der Waals surface area contributed by atoms with Gasteiger partial charge in [-0.05, 0) is 38.0 Å². The summed E-state index contributed by atoms with van der Waals surface area (Å²) < 4.78 is 11.3. The van der Waals surface area contributed by atoms with Crippen LogP contribution in [-0.4, -0.2) is 32.0 Å². The molecule has 2 N–H and O–H groups in total. The summed E-state index contributed by atoms with van der Waals surface area (Å²) in [5, 5.41) is 0. The molecule has 1 aliphatic carbocycles. The number of nitrogens with two attached hydrogens (primary N) is 1. The van der Waals surface area contributed by atoms with E-state index in [0.29, 0.717) is 0 Å². The van der Waals surface area contributed by atoms with Crippen molar-refractivity contribution in [3.63, 3.8) is 0 Å². The van der Waals surface area contributed by atoms with Gasteiger partial charge in [0.1, 0.15) is 0 Å². The molecule has 2 rings (SSSR count). The summed E-state index contributed by atoms with van der Waals surface area (Å²) in [7, 11) is 1.86. The highest BCUT2D eigenvalue weighted by atomic mass is 16.5. The van der Waals surface area contributed by atoms with Crippen LogP contribution in [0.1, 0.15) is 57.8 Å². The zero-order valence-corrected chi connectivity index (χ0v) is 11.8. The van der Waals surface area contributed by atoms with Crippen LogP contribution in [0, 0.1) is 5.92 Å². The Morgan fingerprint density at radius 3 is 2.33 bits per heavy atom. The van der Waals surface area contributed by atoms with Gasteiger partial charge in [-0.15, -0.1) is 0 Å². The monoisotopic (exact) mass is 255 g/mol. The third kappa shape index (κ3) is 3.46. The highest BCUT2D eigenvalue weighted by Crippen LogP contribution is 2.35. The molecule has 3 heteroatoms. The number of rotatable bonds is 4. The molecule has 2 aliphatic rings. The molecular formula is C15H29NO2. The second kappa shape index (κ2) is 6.88. The Morgan fingerprint density at radius 2 is 1.78 bits per heavy atom. The second-order valence-electron chi connectivity index (χ2n) is 6.08. The van der Waals surface area contributed by atoms with Gasteiger partial charge >= 0.3 is 0 Å². The summed E-state index contributed by atoms with van der Waals surface area (Å²) in [6, 6.07) is 0.198. The van der Waals surface area contributed by atoms with Gasteiger partial charge in [-0.3, -0.25) is 0 Å². The quantitative estimate of drug-likeness (QED) is 0.786. The predicted molar refractivity (Wildman–Crippen MR) is 73.6 cm³/mol. The molecular weight excluding hydrogens is 226 g/mol. The SMILES string of the molecule is COC1(C(N)CC2CCOCC2)CCCCCC1.